The maximum absolute atomic E-state index is 12.2. The van der Waals surface area contributed by atoms with E-state index in [1.54, 1.807) is 36.4 Å². The van der Waals surface area contributed by atoms with Crippen molar-refractivity contribution in [1.29, 1.82) is 0 Å². The molecule has 0 aliphatic rings. The summed E-state index contributed by atoms with van der Waals surface area (Å²) >= 11 is 11.6. The van der Waals surface area contributed by atoms with Gasteiger partial charge in [-0.25, -0.2) is 4.79 Å². The minimum atomic E-state index is -1.21. The number of halogens is 2. The van der Waals surface area contributed by atoms with Crippen molar-refractivity contribution in [2.45, 2.75) is 12.1 Å². The van der Waals surface area contributed by atoms with E-state index >= 15 is 0 Å². The Morgan fingerprint density at radius 2 is 1.35 bits per heavy atom. The Bertz CT molecular complexity index is 702. The van der Waals surface area contributed by atoms with Gasteiger partial charge in [-0.3, -0.25) is 4.79 Å². The molecule has 1 amide bonds. The second-order valence-corrected chi connectivity index (χ2v) is 5.73. The van der Waals surface area contributed by atoms with Crippen LogP contribution in [0.15, 0.2) is 48.5 Å². The zero-order chi connectivity index (χ0) is 17.0. The van der Waals surface area contributed by atoms with Crippen LogP contribution in [-0.4, -0.2) is 17.0 Å². The third-order valence-electron chi connectivity index (χ3n) is 3.25. The van der Waals surface area contributed by atoms with E-state index in [9.17, 15) is 14.7 Å². The van der Waals surface area contributed by atoms with Gasteiger partial charge in [0, 0.05) is 10.0 Å². The number of hydrogen-bond donors (Lipinski definition) is 3. The molecule has 0 aliphatic heterocycles. The second kappa shape index (κ2) is 7.46. The van der Waals surface area contributed by atoms with E-state index in [0.717, 1.165) is 0 Å². The molecule has 120 valence electrons. The molecule has 2 rings (SSSR count). The van der Waals surface area contributed by atoms with E-state index in [-0.39, 0.29) is 0 Å². The second-order valence-electron chi connectivity index (χ2n) is 4.86. The van der Waals surface area contributed by atoms with E-state index in [1.807, 2.05) is 0 Å². The molecule has 0 radical (unpaired) electrons. The first-order chi connectivity index (χ1) is 10.9. The summed E-state index contributed by atoms with van der Waals surface area (Å²) < 4.78 is 0. The lowest BCUT2D eigenvalue weighted by molar-refractivity contribution is -0.142. The number of carbonyl (C=O) groups excluding carboxylic acids is 1. The highest BCUT2D eigenvalue weighted by Gasteiger charge is 2.25. The number of benzene rings is 2. The average Bonchev–Trinajstić information content (AvgIpc) is 2.53. The molecule has 0 aromatic heterocycles. The van der Waals surface area contributed by atoms with Crippen molar-refractivity contribution < 1.29 is 14.7 Å². The van der Waals surface area contributed by atoms with Crippen LogP contribution in [0.3, 0.4) is 0 Å². The SMILES string of the molecule is NC(C(=O)NC(C(=O)O)c1ccc(Cl)cc1)c1ccc(Cl)cc1. The fraction of sp³-hybridized carbons (Fsp3) is 0.125. The molecule has 7 heteroatoms. The lowest BCUT2D eigenvalue weighted by Crippen LogP contribution is -2.39. The Morgan fingerprint density at radius 1 is 0.913 bits per heavy atom. The molecule has 0 bridgehead atoms. The van der Waals surface area contributed by atoms with Gasteiger partial charge in [-0.05, 0) is 35.4 Å². The van der Waals surface area contributed by atoms with Crippen molar-refractivity contribution >= 4 is 35.1 Å². The standard InChI is InChI=1S/C16H14Cl2N2O3/c17-11-5-1-9(2-6-11)13(19)15(21)20-14(16(22)23)10-3-7-12(18)8-4-10/h1-8,13-14H,19H2,(H,20,21)(H,22,23). The van der Waals surface area contributed by atoms with Crippen LogP contribution in [0.5, 0.6) is 0 Å². The molecule has 0 aliphatic carbocycles. The van der Waals surface area contributed by atoms with Crippen LogP contribution in [0.4, 0.5) is 0 Å². The summed E-state index contributed by atoms with van der Waals surface area (Å²) in [6.45, 7) is 0. The van der Waals surface area contributed by atoms with E-state index in [0.29, 0.717) is 21.2 Å². The first kappa shape index (κ1) is 17.3. The molecule has 4 N–H and O–H groups in total. The quantitative estimate of drug-likeness (QED) is 0.771. The van der Waals surface area contributed by atoms with E-state index in [4.69, 9.17) is 28.9 Å². The molecule has 5 nitrogen and oxygen atoms in total. The molecule has 0 heterocycles. The number of aliphatic carboxylic acids is 1. The number of hydrogen-bond acceptors (Lipinski definition) is 3. The number of nitrogens with one attached hydrogen (secondary N) is 1. The van der Waals surface area contributed by atoms with Crippen LogP contribution in [0.2, 0.25) is 10.0 Å². The van der Waals surface area contributed by atoms with Gasteiger partial charge < -0.3 is 16.2 Å². The number of nitrogens with two attached hydrogens (primary N) is 1. The van der Waals surface area contributed by atoms with Gasteiger partial charge in [-0.15, -0.1) is 0 Å². The third-order valence-corrected chi connectivity index (χ3v) is 3.75. The number of rotatable bonds is 5. The van der Waals surface area contributed by atoms with Crippen molar-refractivity contribution in [3.63, 3.8) is 0 Å². The van der Waals surface area contributed by atoms with Gasteiger partial charge in [0.15, 0.2) is 6.04 Å². The summed E-state index contributed by atoms with van der Waals surface area (Å²) in [6, 6.07) is 10.4. The third kappa shape index (κ3) is 4.45. The fourth-order valence-corrected chi connectivity index (χ4v) is 2.25. The summed E-state index contributed by atoms with van der Waals surface area (Å²) in [4.78, 5) is 23.6. The summed E-state index contributed by atoms with van der Waals surface area (Å²) in [7, 11) is 0. The molecule has 2 atom stereocenters. The highest BCUT2D eigenvalue weighted by Crippen LogP contribution is 2.19. The monoisotopic (exact) mass is 352 g/mol. The molecule has 0 fully saturated rings. The summed E-state index contributed by atoms with van der Waals surface area (Å²) in [5.41, 5.74) is 6.81. The van der Waals surface area contributed by atoms with Crippen molar-refractivity contribution in [3.05, 3.63) is 69.7 Å². The Morgan fingerprint density at radius 3 is 1.78 bits per heavy atom. The molecule has 0 saturated heterocycles. The van der Waals surface area contributed by atoms with Crippen LogP contribution < -0.4 is 11.1 Å². The Kier molecular flexibility index (Phi) is 5.60. The highest BCUT2D eigenvalue weighted by atomic mass is 35.5. The normalized spacial score (nSPS) is 13.2. The van der Waals surface area contributed by atoms with Gasteiger partial charge >= 0.3 is 5.97 Å². The molecule has 0 saturated carbocycles. The highest BCUT2D eigenvalue weighted by molar-refractivity contribution is 6.30. The number of amides is 1. The molecular formula is C16H14Cl2N2O3. The molecule has 2 aromatic rings. The van der Waals surface area contributed by atoms with E-state index in [2.05, 4.69) is 5.32 Å². The topological polar surface area (TPSA) is 92.4 Å². The fourth-order valence-electron chi connectivity index (χ4n) is 2.00. The van der Waals surface area contributed by atoms with E-state index < -0.39 is 24.0 Å². The molecule has 2 unspecified atom stereocenters. The lowest BCUT2D eigenvalue weighted by atomic mass is 10.0. The minimum absolute atomic E-state index is 0.401. The molecule has 0 spiro atoms. The Balaban J connectivity index is 2.16. The van der Waals surface area contributed by atoms with Crippen molar-refractivity contribution in [2.24, 2.45) is 5.73 Å². The van der Waals surface area contributed by atoms with Gasteiger partial charge in [0.1, 0.15) is 6.04 Å². The van der Waals surface area contributed by atoms with Crippen molar-refractivity contribution in [1.82, 2.24) is 5.32 Å². The number of carboxylic acid groups (broad SMARTS) is 1. The predicted octanol–water partition coefficient (Wildman–Crippen LogP) is 2.94. The van der Waals surface area contributed by atoms with Crippen LogP contribution >= 0.6 is 23.2 Å². The Hall–Kier alpha value is -2.08. The lowest BCUT2D eigenvalue weighted by Gasteiger charge is -2.18. The smallest absolute Gasteiger partial charge is 0.330 e. The van der Waals surface area contributed by atoms with Crippen molar-refractivity contribution in [2.75, 3.05) is 0 Å². The van der Waals surface area contributed by atoms with Crippen molar-refractivity contribution in [3.8, 4) is 0 Å². The molecule has 23 heavy (non-hydrogen) atoms. The largest absolute Gasteiger partial charge is 0.479 e. The summed E-state index contributed by atoms with van der Waals surface area (Å²) in [5.74, 6) is -1.79. The summed E-state index contributed by atoms with van der Waals surface area (Å²) in [6.07, 6.45) is 0. The van der Waals surface area contributed by atoms with Gasteiger partial charge in [0.05, 0.1) is 0 Å². The first-order valence-electron chi connectivity index (χ1n) is 6.68. The molecule has 2 aromatic carbocycles. The number of carbonyl (C=O) groups is 2. The Labute approximate surface area is 143 Å². The van der Waals surface area contributed by atoms with Crippen LogP contribution in [0.1, 0.15) is 23.2 Å². The van der Waals surface area contributed by atoms with Crippen LogP contribution in [-0.2, 0) is 9.59 Å². The van der Waals surface area contributed by atoms with Crippen LogP contribution in [0.25, 0.3) is 0 Å². The van der Waals surface area contributed by atoms with Gasteiger partial charge in [0.2, 0.25) is 5.91 Å². The maximum atomic E-state index is 12.2. The zero-order valence-corrected chi connectivity index (χ0v) is 13.4. The number of carboxylic acids is 1. The predicted molar refractivity (Wildman–Crippen MR) is 88.4 cm³/mol. The summed E-state index contributed by atoms with van der Waals surface area (Å²) in [5, 5.41) is 12.7. The first-order valence-corrected chi connectivity index (χ1v) is 7.44. The van der Waals surface area contributed by atoms with E-state index in [1.165, 1.54) is 12.1 Å². The maximum Gasteiger partial charge on any atom is 0.330 e. The van der Waals surface area contributed by atoms with Crippen LogP contribution in [0, 0.1) is 0 Å². The average molecular weight is 353 g/mol. The minimum Gasteiger partial charge on any atom is -0.479 e. The van der Waals surface area contributed by atoms with Gasteiger partial charge in [-0.1, -0.05) is 47.5 Å². The molecular weight excluding hydrogens is 339 g/mol. The van der Waals surface area contributed by atoms with Gasteiger partial charge in [0.25, 0.3) is 0 Å². The van der Waals surface area contributed by atoms with Gasteiger partial charge in [-0.2, -0.15) is 0 Å². The zero-order valence-electron chi connectivity index (χ0n) is 11.9.